The molecule has 20 heavy (non-hydrogen) atoms. The van der Waals surface area contributed by atoms with Gasteiger partial charge >= 0.3 is 6.03 Å². The lowest BCUT2D eigenvalue weighted by molar-refractivity contribution is 0.186. The molecule has 2 rings (SSSR count). The Kier molecular flexibility index (Phi) is 4.65. The highest BCUT2D eigenvalue weighted by molar-refractivity contribution is 7.90. The highest BCUT2D eigenvalue weighted by Crippen LogP contribution is 2.11. The van der Waals surface area contributed by atoms with Crippen molar-refractivity contribution in [2.75, 3.05) is 19.3 Å². The predicted molar refractivity (Wildman–Crippen MR) is 77.2 cm³/mol. The van der Waals surface area contributed by atoms with E-state index in [1.807, 2.05) is 4.90 Å². The molecule has 0 unspecified atom stereocenters. The number of carbonyl (C=O) groups is 1. The maximum atomic E-state index is 11.9. The van der Waals surface area contributed by atoms with Crippen LogP contribution in [0.1, 0.15) is 24.8 Å². The molecule has 0 aromatic heterocycles. The Morgan fingerprint density at radius 1 is 1.15 bits per heavy atom. The zero-order chi connectivity index (χ0) is 14.6. The second-order valence-corrected chi connectivity index (χ2v) is 7.14. The van der Waals surface area contributed by atoms with Crippen LogP contribution < -0.4 is 5.32 Å². The van der Waals surface area contributed by atoms with Gasteiger partial charge in [-0.1, -0.05) is 12.1 Å². The van der Waals surface area contributed by atoms with Gasteiger partial charge in [0.1, 0.15) is 0 Å². The molecule has 0 atom stereocenters. The Labute approximate surface area is 119 Å². The number of hydrogen-bond donors (Lipinski definition) is 1. The van der Waals surface area contributed by atoms with Crippen LogP contribution in [-0.2, 0) is 16.4 Å². The third kappa shape index (κ3) is 3.96. The molecule has 5 nitrogen and oxygen atoms in total. The quantitative estimate of drug-likeness (QED) is 0.924. The molecule has 0 saturated carbocycles. The number of hydrogen-bond acceptors (Lipinski definition) is 3. The van der Waals surface area contributed by atoms with Crippen LogP contribution in [0, 0.1) is 0 Å². The highest BCUT2D eigenvalue weighted by atomic mass is 32.2. The van der Waals surface area contributed by atoms with Gasteiger partial charge in [-0.05, 0) is 37.0 Å². The standard InChI is InChI=1S/C14H20N2O3S/c1-20(18,19)13-7-5-12(6-8-13)11-15-14(17)16-9-3-2-4-10-16/h5-8H,2-4,9-11H2,1H3,(H,15,17). The van der Waals surface area contributed by atoms with E-state index in [-0.39, 0.29) is 6.03 Å². The molecule has 1 N–H and O–H groups in total. The van der Waals surface area contributed by atoms with Gasteiger partial charge in [-0.3, -0.25) is 0 Å². The maximum absolute atomic E-state index is 11.9. The molecular formula is C14H20N2O3S. The molecule has 1 fully saturated rings. The smallest absolute Gasteiger partial charge is 0.317 e. The van der Waals surface area contributed by atoms with Gasteiger partial charge in [0.25, 0.3) is 0 Å². The molecule has 6 heteroatoms. The Morgan fingerprint density at radius 2 is 1.75 bits per heavy atom. The Morgan fingerprint density at radius 3 is 2.30 bits per heavy atom. The second-order valence-electron chi connectivity index (χ2n) is 5.12. The average Bonchev–Trinajstić information content (AvgIpc) is 2.45. The van der Waals surface area contributed by atoms with Crippen molar-refractivity contribution in [1.29, 1.82) is 0 Å². The number of carbonyl (C=O) groups excluding carboxylic acids is 1. The number of piperidine rings is 1. The van der Waals surface area contributed by atoms with Gasteiger partial charge in [0, 0.05) is 25.9 Å². The maximum Gasteiger partial charge on any atom is 0.317 e. The number of nitrogens with one attached hydrogen (secondary N) is 1. The first-order chi connectivity index (χ1) is 9.47. The Hall–Kier alpha value is -1.56. The van der Waals surface area contributed by atoms with E-state index in [9.17, 15) is 13.2 Å². The van der Waals surface area contributed by atoms with Crippen LogP contribution in [0.3, 0.4) is 0 Å². The van der Waals surface area contributed by atoms with Crippen molar-refractivity contribution >= 4 is 15.9 Å². The van der Waals surface area contributed by atoms with Gasteiger partial charge in [-0.15, -0.1) is 0 Å². The molecule has 0 spiro atoms. The van der Waals surface area contributed by atoms with Crippen LogP contribution in [0.2, 0.25) is 0 Å². The molecule has 1 heterocycles. The first kappa shape index (κ1) is 14.8. The monoisotopic (exact) mass is 296 g/mol. The summed E-state index contributed by atoms with van der Waals surface area (Å²) in [4.78, 5) is 14.0. The van der Waals surface area contributed by atoms with Crippen molar-refractivity contribution in [2.45, 2.75) is 30.7 Å². The lowest BCUT2D eigenvalue weighted by Gasteiger charge is -2.26. The van der Waals surface area contributed by atoms with Crippen molar-refractivity contribution in [3.05, 3.63) is 29.8 Å². The summed E-state index contributed by atoms with van der Waals surface area (Å²) in [6.45, 7) is 2.05. The second kappa shape index (κ2) is 6.26. The summed E-state index contributed by atoms with van der Waals surface area (Å²) in [6.07, 6.45) is 4.50. The Bertz CT molecular complexity index is 561. The largest absolute Gasteiger partial charge is 0.334 e. The van der Waals surface area contributed by atoms with Crippen molar-refractivity contribution in [3.63, 3.8) is 0 Å². The molecule has 1 aromatic carbocycles. The van der Waals surface area contributed by atoms with Crippen LogP contribution in [0.4, 0.5) is 4.79 Å². The van der Waals surface area contributed by atoms with Crippen molar-refractivity contribution < 1.29 is 13.2 Å². The zero-order valence-corrected chi connectivity index (χ0v) is 12.4. The molecule has 2 amide bonds. The fourth-order valence-electron chi connectivity index (χ4n) is 2.24. The third-order valence-corrected chi connectivity index (χ3v) is 4.57. The van der Waals surface area contributed by atoms with E-state index >= 15 is 0 Å². The number of rotatable bonds is 3. The van der Waals surface area contributed by atoms with E-state index in [1.54, 1.807) is 24.3 Å². The summed E-state index contributed by atoms with van der Waals surface area (Å²) in [7, 11) is -3.16. The highest BCUT2D eigenvalue weighted by Gasteiger charge is 2.15. The summed E-state index contributed by atoms with van der Waals surface area (Å²) in [5.41, 5.74) is 0.891. The van der Waals surface area contributed by atoms with Gasteiger partial charge in [0.15, 0.2) is 9.84 Å². The summed E-state index contributed by atoms with van der Waals surface area (Å²) in [6, 6.07) is 6.55. The van der Waals surface area contributed by atoms with E-state index in [1.165, 1.54) is 12.7 Å². The molecule has 0 bridgehead atoms. The van der Waals surface area contributed by atoms with Crippen LogP contribution in [0.25, 0.3) is 0 Å². The normalized spacial score (nSPS) is 15.9. The minimum absolute atomic E-state index is 0.0445. The number of sulfone groups is 1. The zero-order valence-electron chi connectivity index (χ0n) is 11.6. The summed E-state index contributed by atoms with van der Waals surface area (Å²) in [5.74, 6) is 0. The third-order valence-electron chi connectivity index (χ3n) is 3.44. The summed E-state index contributed by atoms with van der Waals surface area (Å²) < 4.78 is 22.7. The average molecular weight is 296 g/mol. The van der Waals surface area contributed by atoms with Gasteiger partial charge in [-0.2, -0.15) is 0 Å². The van der Waals surface area contributed by atoms with E-state index in [0.717, 1.165) is 31.5 Å². The Balaban J connectivity index is 1.89. The fraction of sp³-hybridized carbons (Fsp3) is 0.500. The van der Waals surface area contributed by atoms with E-state index in [0.29, 0.717) is 11.4 Å². The van der Waals surface area contributed by atoms with Crippen LogP contribution in [-0.4, -0.2) is 38.7 Å². The van der Waals surface area contributed by atoms with Crippen molar-refractivity contribution in [3.8, 4) is 0 Å². The van der Waals surface area contributed by atoms with Gasteiger partial charge in [-0.25, -0.2) is 13.2 Å². The SMILES string of the molecule is CS(=O)(=O)c1ccc(CNC(=O)N2CCCCC2)cc1. The minimum atomic E-state index is -3.16. The summed E-state index contributed by atoms with van der Waals surface area (Å²) in [5, 5.41) is 2.86. The molecule has 1 aliphatic heterocycles. The van der Waals surface area contributed by atoms with Crippen LogP contribution in [0.15, 0.2) is 29.2 Å². The number of amides is 2. The lowest BCUT2D eigenvalue weighted by atomic mass is 10.1. The number of benzene rings is 1. The first-order valence-electron chi connectivity index (χ1n) is 6.78. The fourth-order valence-corrected chi connectivity index (χ4v) is 2.87. The van der Waals surface area contributed by atoms with Gasteiger partial charge in [0.2, 0.25) is 0 Å². The number of nitrogens with zero attached hydrogens (tertiary/aromatic N) is 1. The molecule has 1 saturated heterocycles. The van der Waals surface area contributed by atoms with Crippen LogP contribution in [0.5, 0.6) is 0 Å². The topological polar surface area (TPSA) is 66.5 Å². The van der Waals surface area contributed by atoms with E-state index in [2.05, 4.69) is 5.32 Å². The molecule has 0 radical (unpaired) electrons. The van der Waals surface area contributed by atoms with Crippen molar-refractivity contribution in [1.82, 2.24) is 10.2 Å². The van der Waals surface area contributed by atoms with Crippen LogP contribution >= 0.6 is 0 Å². The lowest BCUT2D eigenvalue weighted by Crippen LogP contribution is -2.42. The molecular weight excluding hydrogens is 276 g/mol. The number of likely N-dealkylation sites (tertiary alicyclic amines) is 1. The predicted octanol–water partition coefficient (Wildman–Crippen LogP) is 1.79. The minimum Gasteiger partial charge on any atom is -0.334 e. The molecule has 1 aliphatic rings. The molecule has 1 aromatic rings. The molecule has 0 aliphatic carbocycles. The van der Waals surface area contributed by atoms with Crippen molar-refractivity contribution in [2.24, 2.45) is 0 Å². The molecule has 110 valence electrons. The van der Waals surface area contributed by atoms with Gasteiger partial charge in [0.05, 0.1) is 4.90 Å². The summed E-state index contributed by atoms with van der Waals surface area (Å²) >= 11 is 0. The van der Waals surface area contributed by atoms with Gasteiger partial charge < -0.3 is 10.2 Å². The van der Waals surface area contributed by atoms with E-state index < -0.39 is 9.84 Å². The van der Waals surface area contributed by atoms with E-state index in [4.69, 9.17) is 0 Å². The first-order valence-corrected chi connectivity index (χ1v) is 8.68. The number of urea groups is 1.